The Kier molecular flexibility index (Phi) is 3.48. The molecule has 3 N–H and O–H groups in total. The van der Waals surface area contributed by atoms with Crippen LogP contribution in [0.2, 0.25) is 5.15 Å². The van der Waals surface area contributed by atoms with E-state index >= 15 is 0 Å². The van der Waals surface area contributed by atoms with E-state index in [0.717, 1.165) is 0 Å². The number of ether oxygens (including phenoxy) is 1. The predicted octanol–water partition coefficient (Wildman–Crippen LogP) is 0.736. The second kappa shape index (κ2) is 4.41. The molecule has 1 aromatic heterocycles. The lowest BCUT2D eigenvalue weighted by molar-refractivity contribution is 0.263. The SMILES string of the molecule is COc1nc(Cl)ccc1[C@H](N)CO. The molecule has 13 heavy (non-hydrogen) atoms. The second-order valence-electron chi connectivity index (χ2n) is 2.52. The van der Waals surface area contributed by atoms with Gasteiger partial charge in [0, 0.05) is 5.56 Å². The fourth-order valence-electron chi connectivity index (χ4n) is 0.973. The monoisotopic (exact) mass is 202 g/mol. The van der Waals surface area contributed by atoms with Gasteiger partial charge in [0.15, 0.2) is 0 Å². The molecular formula is C8H11ClN2O2. The van der Waals surface area contributed by atoms with Gasteiger partial charge in [0.25, 0.3) is 0 Å². The van der Waals surface area contributed by atoms with Crippen molar-refractivity contribution in [3.63, 3.8) is 0 Å². The van der Waals surface area contributed by atoms with Crippen LogP contribution >= 0.6 is 11.6 Å². The van der Waals surface area contributed by atoms with Gasteiger partial charge >= 0.3 is 0 Å². The Labute approximate surface area is 81.3 Å². The number of nitrogens with zero attached hydrogens (tertiary/aromatic N) is 1. The smallest absolute Gasteiger partial charge is 0.219 e. The molecule has 0 aliphatic heterocycles. The van der Waals surface area contributed by atoms with Gasteiger partial charge in [-0.3, -0.25) is 0 Å². The highest BCUT2D eigenvalue weighted by Gasteiger charge is 2.12. The molecule has 0 aliphatic carbocycles. The molecule has 0 fully saturated rings. The first-order valence-corrected chi connectivity index (χ1v) is 4.13. The van der Waals surface area contributed by atoms with Gasteiger partial charge in [-0.2, -0.15) is 0 Å². The lowest BCUT2D eigenvalue weighted by atomic mass is 10.1. The Bertz CT molecular complexity index is 293. The van der Waals surface area contributed by atoms with Crippen molar-refractivity contribution in [2.75, 3.05) is 13.7 Å². The Morgan fingerprint density at radius 1 is 1.69 bits per heavy atom. The molecule has 0 bridgehead atoms. The topological polar surface area (TPSA) is 68.4 Å². The minimum absolute atomic E-state index is 0.153. The average Bonchev–Trinajstić information content (AvgIpc) is 2.16. The van der Waals surface area contributed by atoms with E-state index in [2.05, 4.69) is 4.98 Å². The lowest BCUT2D eigenvalue weighted by Gasteiger charge is -2.11. The van der Waals surface area contributed by atoms with Crippen LogP contribution in [0.1, 0.15) is 11.6 Å². The highest BCUT2D eigenvalue weighted by Crippen LogP contribution is 2.23. The Morgan fingerprint density at radius 2 is 2.38 bits per heavy atom. The minimum Gasteiger partial charge on any atom is -0.481 e. The van der Waals surface area contributed by atoms with E-state index < -0.39 is 6.04 Å². The van der Waals surface area contributed by atoms with Gasteiger partial charge in [-0.25, -0.2) is 4.98 Å². The molecule has 1 heterocycles. The van der Waals surface area contributed by atoms with Crippen LogP contribution in [0.3, 0.4) is 0 Å². The quantitative estimate of drug-likeness (QED) is 0.710. The second-order valence-corrected chi connectivity index (χ2v) is 2.91. The van der Waals surface area contributed by atoms with Crippen molar-refractivity contribution in [2.24, 2.45) is 5.73 Å². The number of nitrogens with two attached hydrogens (primary N) is 1. The number of aliphatic hydroxyl groups excluding tert-OH is 1. The van der Waals surface area contributed by atoms with Crippen molar-refractivity contribution in [3.05, 3.63) is 22.8 Å². The summed E-state index contributed by atoms with van der Waals surface area (Å²) in [5.74, 6) is 0.356. The van der Waals surface area contributed by atoms with Crippen LogP contribution in [-0.2, 0) is 0 Å². The molecule has 0 saturated heterocycles. The molecule has 0 aliphatic rings. The fraction of sp³-hybridized carbons (Fsp3) is 0.375. The Morgan fingerprint density at radius 3 is 2.92 bits per heavy atom. The van der Waals surface area contributed by atoms with E-state index in [1.807, 2.05) is 0 Å². The van der Waals surface area contributed by atoms with E-state index in [1.165, 1.54) is 7.11 Å². The Balaban J connectivity index is 3.05. The maximum absolute atomic E-state index is 8.84. The standard InChI is InChI=1S/C8H11ClN2O2/c1-13-8-5(6(10)4-12)2-3-7(9)11-8/h2-3,6,12H,4,10H2,1H3/t6-/m1/s1. The van der Waals surface area contributed by atoms with Gasteiger partial charge in [-0.1, -0.05) is 11.6 Å². The third-order valence-electron chi connectivity index (χ3n) is 1.65. The number of hydrogen-bond acceptors (Lipinski definition) is 4. The number of halogens is 1. The van der Waals surface area contributed by atoms with Crippen molar-refractivity contribution in [1.82, 2.24) is 4.98 Å². The fourth-order valence-corrected chi connectivity index (χ4v) is 1.11. The number of aliphatic hydroxyl groups is 1. The van der Waals surface area contributed by atoms with Gasteiger partial charge in [-0.05, 0) is 12.1 Å². The highest BCUT2D eigenvalue weighted by atomic mass is 35.5. The number of methoxy groups -OCH3 is 1. The summed E-state index contributed by atoms with van der Waals surface area (Å²) in [5.41, 5.74) is 6.26. The summed E-state index contributed by atoms with van der Waals surface area (Å²) >= 11 is 5.65. The van der Waals surface area contributed by atoms with E-state index in [1.54, 1.807) is 12.1 Å². The van der Waals surface area contributed by atoms with E-state index in [9.17, 15) is 0 Å². The Hall–Kier alpha value is -0.840. The zero-order valence-electron chi connectivity index (χ0n) is 7.20. The molecule has 1 aromatic rings. The van der Waals surface area contributed by atoms with Crippen molar-refractivity contribution < 1.29 is 9.84 Å². The molecule has 0 unspecified atom stereocenters. The summed E-state index contributed by atoms with van der Waals surface area (Å²) in [6, 6.07) is 2.81. The molecule has 72 valence electrons. The van der Waals surface area contributed by atoms with Crippen LogP contribution in [0, 0.1) is 0 Å². The largest absolute Gasteiger partial charge is 0.481 e. The van der Waals surface area contributed by atoms with Crippen molar-refractivity contribution in [1.29, 1.82) is 0 Å². The molecule has 5 heteroatoms. The summed E-state index contributed by atoms with van der Waals surface area (Å²) in [7, 11) is 1.48. The van der Waals surface area contributed by atoms with Crippen LogP contribution in [0.4, 0.5) is 0 Å². The van der Waals surface area contributed by atoms with Gasteiger partial charge < -0.3 is 15.6 Å². The van der Waals surface area contributed by atoms with Gasteiger partial charge in [-0.15, -0.1) is 0 Å². The molecule has 0 aromatic carbocycles. The first-order valence-electron chi connectivity index (χ1n) is 3.76. The van der Waals surface area contributed by atoms with Crippen LogP contribution < -0.4 is 10.5 Å². The number of aromatic nitrogens is 1. The third kappa shape index (κ3) is 2.30. The first kappa shape index (κ1) is 10.2. The summed E-state index contributed by atoms with van der Waals surface area (Å²) in [6.07, 6.45) is 0. The van der Waals surface area contributed by atoms with E-state index in [4.69, 9.17) is 27.2 Å². The summed E-state index contributed by atoms with van der Waals surface area (Å²) < 4.78 is 4.96. The normalized spacial score (nSPS) is 12.6. The van der Waals surface area contributed by atoms with Crippen molar-refractivity contribution in [2.45, 2.75) is 6.04 Å². The van der Waals surface area contributed by atoms with Crippen LogP contribution in [-0.4, -0.2) is 23.8 Å². The molecular weight excluding hydrogens is 192 g/mol. The van der Waals surface area contributed by atoms with Crippen molar-refractivity contribution >= 4 is 11.6 Å². The molecule has 4 nitrogen and oxygen atoms in total. The molecule has 0 amide bonds. The number of pyridine rings is 1. The average molecular weight is 203 g/mol. The number of hydrogen-bond donors (Lipinski definition) is 2. The summed E-state index contributed by atoms with van der Waals surface area (Å²) in [5, 5.41) is 9.17. The van der Waals surface area contributed by atoms with Gasteiger partial charge in [0.05, 0.1) is 19.8 Å². The number of rotatable bonds is 3. The van der Waals surface area contributed by atoms with Gasteiger partial charge in [0.2, 0.25) is 5.88 Å². The van der Waals surface area contributed by atoms with Gasteiger partial charge in [0.1, 0.15) is 5.15 Å². The first-order chi connectivity index (χ1) is 6.19. The highest BCUT2D eigenvalue weighted by molar-refractivity contribution is 6.29. The van der Waals surface area contributed by atoms with E-state index in [0.29, 0.717) is 16.6 Å². The maximum atomic E-state index is 8.84. The van der Waals surface area contributed by atoms with E-state index in [-0.39, 0.29) is 6.61 Å². The van der Waals surface area contributed by atoms with Crippen LogP contribution in [0.5, 0.6) is 5.88 Å². The van der Waals surface area contributed by atoms with Crippen molar-refractivity contribution in [3.8, 4) is 5.88 Å². The van der Waals surface area contributed by atoms with Crippen LogP contribution in [0.25, 0.3) is 0 Å². The summed E-state index contributed by atoms with van der Waals surface area (Å²) in [4.78, 5) is 3.91. The lowest BCUT2D eigenvalue weighted by Crippen LogP contribution is -2.16. The summed E-state index contributed by atoms with van der Waals surface area (Å²) in [6.45, 7) is -0.153. The molecule has 1 rings (SSSR count). The zero-order chi connectivity index (χ0) is 9.84. The molecule has 0 spiro atoms. The third-order valence-corrected chi connectivity index (χ3v) is 1.86. The maximum Gasteiger partial charge on any atom is 0.219 e. The zero-order valence-corrected chi connectivity index (χ0v) is 7.95. The molecule has 0 radical (unpaired) electrons. The predicted molar refractivity (Wildman–Crippen MR) is 49.8 cm³/mol. The molecule has 1 atom stereocenters. The van der Waals surface area contributed by atoms with Crippen LogP contribution in [0.15, 0.2) is 12.1 Å². The minimum atomic E-state index is -0.486. The molecule has 0 saturated carbocycles.